The van der Waals surface area contributed by atoms with Gasteiger partial charge < -0.3 is 13.9 Å². The van der Waals surface area contributed by atoms with Crippen molar-refractivity contribution in [1.82, 2.24) is 10.2 Å². The van der Waals surface area contributed by atoms with Crippen LogP contribution >= 0.6 is 11.8 Å². The van der Waals surface area contributed by atoms with Gasteiger partial charge in [-0.25, -0.2) is 4.39 Å². The lowest BCUT2D eigenvalue weighted by atomic mass is 10.2. The molecule has 0 radical (unpaired) electrons. The van der Waals surface area contributed by atoms with E-state index >= 15 is 0 Å². The maximum absolute atomic E-state index is 12.9. The van der Waals surface area contributed by atoms with Crippen LogP contribution < -0.4 is 14.8 Å². The molecule has 7 nitrogen and oxygen atoms in total. The van der Waals surface area contributed by atoms with Crippen molar-refractivity contribution in [1.29, 1.82) is 0 Å². The zero-order valence-electron chi connectivity index (χ0n) is 14.0. The molecule has 0 saturated heterocycles. The van der Waals surface area contributed by atoms with Crippen LogP contribution in [0.5, 0.6) is 11.5 Å². The predicted molar refractivity (Wildman–Crippen MR) is 96.5 cm³/mol. The zero-order chi connectivity index (χ0) is 18.6. The smallest absolute Gasteiger partial charge is 0.322 e. The van der Waals surface area contributed by atoms with Crippen LogP contribution in [-0.2, 0) is 4.79 Å². The van der Waals surface area contributed by atoms with E-state index in [2.05, 4.69) is 15.5 Å². The van der Waals surface area contributed by atoms with Gasteiger partial charge in [0.2, 0.25) is 11.8 Å². The maximum Gasteiger partial charge on any atom is 0.322 e. The molecule has 2 aromatic carbocycles. The zero-order valence-corrected chi connectivity index (χ0v) is 14.8. The summed E-state index contributed by atoms with van der Waals surface area (Å²) in [6.45, 7) is 0.992. The van der Waals surface area contributed by atoms with Gasteiger partial charge in [0, 0.05) is 10.5 Å². The molecule has 0 unspecified atom stereocenters. The van der Waals surface area contributed by atoms with Crippen LogP contribution in [-0.4, -0.2) is 35.1 Å². The third-order valence-corrected chi connectivity index (χ3v) is 4.66. The molecule has 1 aromatic heterocycles. The van der Waals surface area contributed by atoms with Crippen LogP contribution in [0.2, 0.25) is 0 Å². The van der Waals surface area contributed by atoms with Gasteiger partial charge in [0.15, 0.2) is 11.5 Å². The van der Waals surface area contributed by atoms with Crippen LogP contribution in [0.4, 0.5) is 10.4 Å². The Morgan fingerprint density at radius 2 is 1.85 bits per heavy atom. The second-order valence-electron chi connectivity index (χ2n) is 5.56. The number of hydrogen-bond donors (Lipinski definition) is 1. The number of carbonyl (C=O) groups excluding carboxylic acids is 1. The van der Waals surface area contributed by atoms with Gasteiger partial charge in [-0.3, -0.25) is 10.1 Å². The monoisotopic (exact) mass is 387 g/mol. The number of thioether (sulfide) groups is 1. The Balaban J connectivity index is 1.37. The highest BCUT2D eigenvalue weighted by molar-refractivity contribution is 8.00. The third kappa shape index (κ3) is 4.20. The van der Waals surface area contributed by atoms with Crippen LogP contribution in [0.1, 0.15) is 0 Å². The van der Waals surface area contributed by atoms with Crippen molar-refractivity contribution in [3.63, 3.8) is 0 Å². The number of fused-ring (bicyclic) bond motifs is 1. The molecular weight excluding hydrogens is 373 g/mol. The number of anilines is 1. The van der Waals surface area contributed by atoms with Gasteiger partial charge in [-0.2, -0.15) is 0 Å². The highest BCUT2D eigenvalue weighted by Gasteiger charge is 2.16. The van der Waals surface area contributed by atoms with Crippen LogP contribution in [0.15, 0.2) is 51.8 Å². The average Bonchev–Trinajstić information content (AvgIpc) is 3.15. The first-order valence-electron chi connectivity index (χ1n) is 8.09. The average molecular weight is 387 g/mol. The Hall–Kier alpha value is -3.07. The second kappa shape index (κ2) is 7.67. The number of rotatable bonds is 5. The summed E-state index contributed by atoms with van der Waals surface area (Å²) in [6.07, 6.45) is 0. The minimum Gasteiger partial charge on any atom is -0.486 e. The Morgan fingerprint density at radius 1 is 1.07 bits per heavy atom. The Bertz CT molecular complexity index is 961. The molecular formula is C18H14FN3O4S. The summed E-state index contributed by atoms with van der Waals surface area (Å²) >= 11 is 1.28. The van der Waals surface area contributed by atoms with Crippen molar-refractivity contribution in [2.75, 3.05) is 24.3 Å². The van der Waals surface area contributed by atoms with E-state index in [1.807, 2.05) is 0 Å². The van der Waals surface area contributed by atoms with Crippen molar-refractivity contribution in [3.05, 3.63) is 48.3 Å². The van der Waals surface area contributed by atoms with Gasteiger partial charge in [0.05, 0.1) is 5.75 Å². The molecule has 0 atom stereocenters. The minimum atomic E-state index is -0.318. The molecule has 3 aromatic rings. The van der Waals surface area contributed by atoms with Crippen LogP contribution in [0, 0.1) is 5.82 Å². The SMILES string of the molecule is O=C(CSc1ccc(F)cc1)Nc1nnc(-c2ccc3c(c2)OCCO3)o1. The van der Waals surface area contributed by atoms with Crippen molar-refractivity contribution in [2.24, 2.45) is 0 Å². The fourth-order valence-electron chi connectivity index (χ4n) is 2.40. The second-order valence-corrected chi connectivity index (χ2v) is 6.61. The van der Waals surface area contributed by atoms with Crippen molar-refractivity contribution < 1.29 is 23.1 Å². The number of benzene rings is 2. The number of hydrogen-bond acceptors (Lipinski definition) is 7. The summed E-state index contributed by atoms with van der Waals surface area (Å²) in [6, 6.07) is 11.2. The molecule has 0 saturated carbocycles. The number of aromatic nitrogens is 2. The number of halogens is 1. The standard InChI is InChI=1S/C18H14FN3O4S/c19-12-2-4-13(5-3-12)27-10-16(23)20-18-22-21-17(26-18)11-1-6-14-15(9-11)25-8-7-24-14/h1-6,9H,7-8,10H2,(H,20,22,23). The molecule has 0 fully saturated rings. The fourth-order valence-corrected chi connectivity index (χ4v) is 3.10. The topological polar surface area (TPSA) is 86.5 Å². The van der Waals surface area contributed by atoms with Gasteiger partial charge in [-0.05, 0) is 42.5 Å². The molecule has 4 rings (SSSR count). The highest BCUT2D eigenvalue weighted by atomic mass is 32.2. The lowest BCUT2D eigenvalue weighted by molar-refractivity contribution is -0.113. The Labute approximate surface area is 157 Å². The van der Waals surface area contributed by atoms with E-state index in [9.17, 15) is 9.18 Å². The molecule has 9 heteroatoms. The number of carbonyl (C=O) groups is 1. The molecule has 1 aliphatic heterocycles. The Morgan fingerprint density at radius 3 is 2.67 bits per heavy atom. The van der Waals surface area contributed by atoms with Gasteiger partial charge in [0.25, 0.3) is 0 Å². The van der Waals surface area contributed by atoms with Crippen LogP contribution in [0.25, 0.3) is 11.5 Å². The van der Waals surface area contributed by atoms with E-state index in [4.69, 9.17) is 13.9 Å². The number of nitrogens with one attached hydrogen (secondary N) is 1. The lowest BCUT2D eigenvalue weighted by Gasteiger charge is -2.18. The minimum absolute atomic E-state index is 0.00425. The first-order chi connectivity index (χ1) is 13.2. The van der Waals surface area contributed by atoms with E-state index in [0.717, 1.165) is 4.90 Å². The molecule has 138 valence electrons. The van der Waals surface area contributed by atoms with Gasteiger partial charge in [-0.1, -0.05) is 5.10 Å². The molecule has 0 spiro atoms. The summed E-state index contributed by atoms with van der Waals surface area (Å²) < 4.78 is 29.4. The van der Waals surface area contributed by atoms with Crippen molar-refractivity contribution in [2.45, 2.75) is 4.90 Å². The number of nitrogens with zero attached hydrogens (tertiary/aromatic N) is 2. The summed E-state index contributed by atoms with van der Waals surface area (Å²) in [4.78, 5) is 12.8. The molecule has 0 bridgehead atoms. The molecule has 1 N–H and O–H groups in total. The number of amides is 1. The normalized spacial score (nSPS) is 12.6. The van der Waals surface area contributed by atoms with Gasteiger partial charge >= 0.3 is 6.01 Å². The van der Waals surface area contributed by atoms with Crippen molar-refractivity contribution in [3.8, 4) is 23.0 Å². The van der Waals surface area contributed by atoms with E-state index < -0.39 is 0 Å². The van der Waals surface area contributed by atoms with E-state index in [1.165, 1.54) is 23.9 Å². The third-order valence-electron chi connectivity index (χ3n) is 3.64. The largest absolute Gasteiger partial charge is 0.486 e. The summed E-state index contributed by atoms with van der Waals surface area (Å²) in [5.41, 5.74) is 0.660. The lowest BCUT2D eigenvalue weighted by Crippen LogP contribution is -2.15. The summed E-state index contributed by atoms with van der Waals surface area (Å²) in [5, 5.41) is 10.3. The predicted octanol–water partition coefficient (Wildman–Crippen LogP) is 3.38. The summed E-state index contributed by atoms with van der Waals surface area (Å²) in [5.74, 6) is 1.04. The molecule has 0 aliphatic carbocycles. The number of ether oxygens (including phenoxy) is 2. The van der Waals surface area contributed by atoms with Gasteiger partial charge in [0.1, 0.15) is 19.0 Å². The van der Waals surface area contributed by atoms with E-state index in [1.54, 1.807) is 30.3 Å². The molecule has 1 aliphatic rings. The van der Waals surface area contributed by atoms with Crippen LogP contribution in [0.3, 0.4) is 0 Å². The first-order valence-corrected chi connectivity index (χ1v) is 9.08. The molecule has 1 amide bonds. The van der Waals surface area contributed by atoms with Gasteiger partial charge in [-0.15, -0.1) is 16.9 Å². The highest BCUT2D eigenvalue weighted by Crippen LogP contribution is 2.34. The van der Waals surface area contributed by atoms with Crippen molar-refractivity contribution >= 4 is 23.7 Å². The molecule has 27 heavy (non-hydrogen) atoms. The maximum atomic E-state index is 12.9. The summed E-state index contributed by atoms with van der Waals surface area (Å²) in [7, 11) is 0. The quantitative estimate of drug-likeness (QED) is 0.672. The molecule has 2 heterocycles. The van der Waals surface area contributed by atoms with E-state index in [0.29, 0.717) is 30.3 Å². The fraction of sp³-hybridized carbons (Fsp3) is 0.167. The Kier molecular flexibility index (Phi) is 4.93. The van der Waals surface area contributed by atoms with E-state index in [-0.39, 0.29) is 29.4 Å². The first kappa shape index (κ1) is 17.3.